The van der Waals surface area contributed by atoms with Crippen molar-refractivity contribution in [1.82, 2.24) is 0 Å². The second-order valence-corrected chi connectivity index (χ2v) is 8.64. The summed E-state index contributed by atoms with van der Waals surface area (Å²) >= 11 is 0. The van der Waals surface area contributed by atoms with E-state index in [2.05, 4.69) is 19.1 Å². The molecule has 0 saturated heterocycles. The molecule has 0 unspecified atom stereocenters. The molecule has 0 radical (unpaired) electrons. The summed E-state index contributed by atoms with van der Waals surface area (Å²) in [6.07, 6.45) is 15.6. The topological polar surface area (TPSA) is 33.0 Å². The minimum Gasteiger partial charge on any atom is -0.377 e. The van der Waals surface area contributed by atoms with Crippen LogP contribution in [0.15, 0.2) is 30.4 Å². The maximum absolute atomic E-state index is 14.3. The Morgan fingerprint density at radius 3 is 2.36 bits per heavy atom. The summed E-state index contributed by atoms with van der Waals surface area (Å²) < 4.78 is 19.8. The molecular formula is C25H34FNO. The highest BCUT2D eigenvalue weighted by Gasteiger charge is 2.31. The third kappa shape index (κ3) is 5.67. The van der Waals surface area contributed by atoms with E-state index in [1.807, 2.05) is 12.1 Å². The van der Waals surface area contributed by atoms with Crippen molar-refractivity contribution in [2.45, 2.75) is 70.6 Å². The molecule has 2 fully saturated rings. The van der Waals surface area contributed by atoms with E-state index in [1.165, 1.54) is 44.6 Å². The second-order valence-electron chi connectivity index (χ2n) is 8.64. The SMILES string of the molecule is CCCOC/C=C/[C@H]1CC[C@H](C2CCC(c3ccc(C#N)cc3F)CC2)CC1. The van der Waals surface area contributed by atoms with Gasteiger partial charge in [0.2, 0.25) is 0 Å². The standard InChI is InChI=1S/C25H34FNO/c1-2-15-28-16-3-4-19-5-8-21(9-6-19)22-10-12-23(13-11-22)24-14-7-20(18-27)17-25(24)26/h3-4,7,14,17,19,21-23H,2,5-6,8-13,15-16H2,1H3/b4-3+/t19-,21-,22?,23?. The van der Waals surface area contributed by atoms with Crippen molar-refractivity contribution in [2.24, 2.45) is 17.8 Å². The Bertz CT molecular complexity index is 676. The molecule has 3 heteroatoms. The van der Waals surface area contributed by atoms with Gasteiger partial charge in [0.25, 0.3) is 0 Å². The highest BCUT2D eigenvalue weighted by Crippen LogP contribution is 2.44. The number of hydrogen-bond donors (Lipinski definition) is 0. The van der Waals surface area contributed by atoms with Crippen molar-refractivity contribution < 1.29 is 9.13 Å². The fraction of sp³-hybridized carbons (Fsp3) is 0.640. The minimum absolute atomic E-state index is 0.197. The summed E-state index contributed by atoms with van der Waals surface area (Å²) in [5.41, 5.74) is 1.23. The molecule has 2 aliphatic rings. The lowest BCUT2D eigenvalue weighted by Gasteiger charge is -2.37. The first-order chi connectivity index (χ1) is 13.7. The molecule has 1 aromatic carbocycles. The number of allylic oxidation sites excluding steroid dienone is 1. The first-order valence-electron chi connectivity index (χ1n) is 11.1. The molecule has 0 N–H and O–H groups in total. The molecule has 3 rings (SSSR count). The van der Waals surface area contributed by atoms with Crippen molar-refractivity contribution in [3.63, 3.8) is 0 Å². The first kappa shape index (κ1) is 21.1. The van der Waals surface area contributed by atoms with Gasteiger partial charge < -0.3 is 4.74 Å². The number of nitrogens with zero attached hydrogens (tertiary/aromatic N) is 1. The van der Waals surface area contributed by atoms with E-state index in [9.17, 15) is 4.39 Å². The van der Waals surface area contributed by atoms with E-state index in [4.69, 9.17) is 10.00 Å². The van der Waals surface area contributed by atoms with Crippen LogP contribution in [0.5, 0.6) is 0 Å². The summed E-state index contributed by atoms with van der Waals surface area (Å²) in [4.78, 5) is 0. The maximum Gasteiger partial charge on any atom is 0.127 e. The van der Waals surface area contributed by atoms with Gasteiger partial charge in [-0.3, -0.25) is 0 Å². The molecule has 0 aromatic heterocycles. The number of hydrogen-bond acceptors (Lipinski definition) is 2. The Hall–Kier alpha value is -1.66. The molecule has 0 heterocycles. The monoisotopic (exact) mass is 383 g/mol. The molecule has 0 atom stereocenters. The van der Waals surface area contributed by atoms with Crippen LogP contribution in [0.2, 0.25) is 0 Å². The number of rotatable bonds is 7. The van der Waals surface area contributed by atoms with E-state index in [0.29, 0.717) is 11.5 Å². The molecule has 2 nitrogen and oxygen atoms in total. The van der Waals surface area contributed by atoms with Crippen LogP contribution in [-0.2, 0) is 4.74 Å². The van der Waals surface area contributed by atoms with Crippen LogP contribution in [0.3, 0.4) is 0 Å². The van der Waals surface area contributed by atoms with Gasteiger partial charge >= 0.3 is 0 Å². The third-order valence-electron chi connectivity index (χ3n) is 6.80. The maximum atomic E-state index is 14.3. The van der Waals surface area contributed by atoms with E-state index in [-0.39, 0.29) is 5.82 Å². The quantitative estimate of drug-likeness (QED) is 0.385. The van der Waals surface area contributed by atoms with Gasteiger partial charge in [0, 0.05) is 6.61 Å². The summed E-state index contributed by atoms with van der Waals surface area (Å²) in [6, 6.07) is 7.00. The van der Waals surface area contributed by atoms with E-state index >= 15 is 0 Å². The van der Waals surface area contributed by atoms with Crippen LogP contribution in [0.25, 0.3) is 0 Å². The van der Waals surface area contributed by atoms with Gasteiger partial charge in [-0.05, 0) is 99.2 Å². The molecule has 0 spiro atoms. The van der Waals surface area contributed by atoms with Gasteiger partial charge in [-0.1, -0.05) is 25.1 Å². The summed E-state index contributed by atoms with van der Waals surface area (Å²) in [6.45, 7) is 3.75. The predicted octanol–water partition coefficient (Wildman–Crippen LogP) is 6.76. The van der Waals surface area contributed by atoms with Crippen molar-refractivity contribution in [1.29, 1.82) is 5.26 Å². The first-order valence-corrected chi connectivity index (χ1v) is 11.1. The van der Waals surface area contributed by atoms with Crippen molar-refractivity contribution in [2.75, 3.05) is 13.2 Å². The molecule has 1 aromatic rings. The number of halogens is 1. The average Bonchev–Trinajstić information content (AvgIpc) is 2.74. The van der Waals surface area contributed by atoms with E-state index < -0.39 is 0 Å². The second kappa shape index (κ2) is 10.8. The molecule has 0 bridgehead atoms. The molecule has 152 valence electrons. The fourth-order valence-electron chi connectivity index (χ4n) is 5.18. The van der Waals surface area contributed by atoms with Gasteiger partial charge in [-0.2, -0.15) is 5.26 Å². The zero-order valence-electron chi connectivity index (χ0n) is 17.2. The Balaban J connectivity index is 1.42. The van der Waals surface area contributed by atoms with Crippen LogP contribution in [0.4, 0.5) is 4.39 Å². The minimum atomic E-state index is -0.197. The molecule has 0 aliphatic heterocycles. The van der Waals surface area contributed by atoms with Gasteiger partial charge in [0.05, 0.1) is 18.2 Å². The van der Waals surface area contributed by atoms with E-state index in [1.54, 1.807) is 6.07 Å². The van der Waals surface area contributed by atoms with E-state index in [0.717, 1.165) is 55.8 Å². The molecule has 0 amide bonds. The summed E-state index contributed by atoms with van der Waals surface area (Å²) in [5.74, 6) is 2.53. The highest BCUT2D eigenvalue weighted by molar-refractivity contribution is 5.34. The van der Waals surface area contributed by atoms with Crippen molar-refractivity contribution in [3.8, 4) is 6.07 Å². The average molecular weight is 384 g/mol. The molecule has 2 saturated carbocycles. The smallest absolute Gasteiger partial charge is 0.127 e. The van der Waals surface area contributed by atoms with Crippen molar-refractivity contribution >= 4 is 0 Å². The highest BCUT2D eigenvalue weighted by atomic mass is 19.1. The van der Waals surface area contributed by atoms with Crippen LogP contribution in [0, 0.1) is 34.9 Å². The van der Waals surface area contributed by atoms with Crippen LogP contribution >= 0.6 is 0 Å². The molecule has 2 aliphatic carbocycles. The van der Waals surface area contributed by atoms with Crippen molar-refractivity contribution in [3.05, 3.63) is 47.3 Å². The number of benzene rings is 1. The zero-order chi connectivity index (χ0) is 19.8. The molecule has 28 heavy (non-hydrogen) atoms. The Morgan fingerprint density at radius 1 is 1.07 bits per heavy atom. The van der Waals surface area contributed by atoms with Gasteiger partial charge in [0.1, 0.15) is 5.82 Å². The lowest BCUT2D eigenvalue weighted by Crippen LogP contribution is -2.25. The molecular weight excluding hydrogens is 349 g/mol. The zero-order valence-corrected chi connectivity index (χ0v) is 17.2. The van der Waals surface area contributed by atoms with Crippen LogP contribution in [-0.4, -0.2) is 13.2 Å². The van der Waals surface area contributed by atoms with Crippen LogP contribution in [0.1, 0.15) is 81.8 Å². The Labute approximate surface area is 169 Å². The normalized spacial score (nSPS) is 28.3. The lowest BCUT2D eigenvalue weighted by molar-refractivity contribution is 0.160. The predicted molar refractivity (Wildman–Crippen MR) is 112 cm³/mol. The van der Waals surface area contributed by atoms with Crippen LogP contribution < -0.4 is 0 Å². The summed E-state index contributed by atoms with van der Waals surface area (Å²) in [5, 5.41) is 8.92. The van der Waals surface area contributed by atoms with Gasteiger partial charge in [-0.15, -0.1) is 0 Å². The summed E-state index contributed by atoms with van der Waals surface area (Å²) in [7, 11) is 0. The Kier molecular flexibility index (Phi) is 8.10. The fourth-order valence-corrected chi connectivity index (χ4v) is 5.18. The largest absolute Gasteiger partial charge is 0.377 e. The number of ether oxygens (including phenoxy) is 1. The Morgan fingerprint density at radius 2 is 1.75 bits per heavy atom. The third-order valence-corrected chi connectivity index (χ3v) is 6.80. The lowest BCUT2D eigenvalue weighted by atomic mass is 9.68. The van der Waals surface area contributed by atoms with Gasteiger partial charge in [-0.25, -0.2) is 4.39 Å². The number of nitriles is 1. The van der Waals surface area contributed by atoms with Gasteiger partial charge in [0.15, 0.2) is 0 Å².